The number of carboxylic acid groups (broad SMARTS) is 1. The lowest BCUT2D eigenvalue weighted by Crippen LogP contribution is -2.27. The summed E-state index contributed by atoms with van der Waals surface area (Å²) in [5.41, 5.74) is 0. The number of hydrogen-bond acceptors (Lipinski definition) is 4. The molecule has 1 atom stereocenters. The molecule has 2 aromatic carbocycles. The summed E-state index contributed by atoms with van der Waals surface area (Å²) in [6, 6.07) is 12.7. The summed E-state index contributed by atoms with van der Waals surface area (Å²) in [6.45, 7) is 1.62. The van der Waals surface area contributed by atoms with Gasteiger partial charge in [0.2, 0.25) is 6.10 Å². The zero-order valence-corrected chi connectivity index (χ0v) is 10.9. The smallest absolute Gasteiger partial charge is 0.479 e. The molecule has 104 valence electrons. The van der Waals surface area contributed by atoms with Crippen LogP contribution in [0.5, 0.6) is 5.75 Å². The van der Waals surface area contributed by atoms with E-state index in [4.69, 9.17) is 14.6 Å². The Morgan fingerprint density at radius 1 is 1.15 bits per heavy atom. The third kappa shape index (κ3) is 3.06. The van der Waals surface area contributed by atoms with E-state index in [2.05, 4.69) is 0 Å². The van der Waals surface area contributed by atoms with E-state index >= 15 is 0 Å². The van der Waals surface area contributed by atoms with Crippen LogP contribution in [-0.4, -0.2) is 23.3 Å². The SMILES string of the molecule is CCC(OC(=O)Oc1cccc2ccccc12)C(=O)O. The Balaban J connectivity index is 2.16. The number of benzene rings is 2. The molecule has 5 heteroatoms. The molecule has 0 aliphatic heterocycles. The van der Waals surface area contributed by atoms with Crippen molar-refractivity contribution in [1.82, 2.24) is 0 Å². The van der Waals surface area contributed by atoms with Crippen molar-refractivity contribution in [3.63, 3.8) is 0 Å². The van der Waals surface area contributed by atoms with Crippen LogP contribution in [0, 0.1) is 0 Å². The van der Waals surface area contributed by atoms with Crippen LogP contribution in [0.4, 0.5) is 4.79 Å². The molecule has 1 unspecified atom stereocenters. The van der Waals surface area contributed by atoms with E-state index in [0.29, 0.717) is 5.75 Å². The monoisotopic (exact) mass is 274 g/mol. The molecule has 0 amide bonds. The van der Waals surface area contributed by atoms with E-state index < -0.39 is 18.2 Å². The summed E-state index contributed by atoms with van der Waals surface area (Å²) >= 11 is 0. The van der Waals surface area contributed by atoms with Gasteiger partial charge in [-0.25, -0.2) is 9.59 Å². The van der Waals surface area contributed by atoms with Gasteiger partial charge in [0, 0.05) is 5.39 Å². The fourth-order valence-corrected chi connectivity index (χ4v) is 1.82. The lowest BCUT2D eigenvalue weighted by atomic mass is 10.1. The minimum atomic E-state index is -1.20. The Labute approximate surface area is 115 Å². The van der Waals surface area contributed by atoms with E-state index in [0.717, 1.165) is 10.8 Å². The van der Waals surface area contributed by atoms with Crippen LogP contribution in [0.15, 0.2) is 42.5 Å². The van der Waals surface area contributed by atoms with Gasteiger partial charge in [-0.05, 0) is 17.9 Å². The van der Waals surface area contributed by atoms with Crippen molar-refractivity contribution in [2.45, 2.75) is 19.4 Å². The average Bonchev–Trinajstić information content (AvgIpc) is 2.45. The molecule has 0 aliphatic rings. The fraction of sp³-hybridized carbons (Fsp3) is 0.200. The molecule has 0 fully saturated rings. The highest BCUT2D eigenvalue weighted by atomic mass is 16.7. The first-order valence-corrected chi connectivity index (χ1v) is 6.21. The minimum Gasteiger partial charge on any atom is -0.479 e. The van der Waals surface area contributed by atoms with Gasteiger partial charge < -0.3 is 14.6 Å². The molecule has 0 radical (unpaired) electrons. The van der Waals surface area contributed by atoms with E-state index in [1.54, 1.807) is 19.1 Å². The van der Waals surface area contributed by atoms with E-state index in [1.165, 1.54) is 0 Å². The molecule has 0 aromatic heterocycles. The number of carboxylic acids is 1. The first-order chi connectivity index (χ1) is 9.61. The molecule has 0 saturated carbocycles. The number of ether oxygens (including phenoxy) is 2. The van der Waals surface area contributed by atoms with Crippen LogP contribution in [0.1, 0.15) is 13.3 Å². The van der Waals surface area contributed by atoms with E-state index in [9.17, 15) is 9.59 Å². The second kappa shape index (κ2) is 6.06. The third-order valence-corrected chi connectivity index (χ3v) is 2.83. The van der Waals surface area contributed by atoms with Gasteiger partial charge in [0.05, 0.1) is 0 Å². The van der Waals surface area contributed by atoms with E-state index in [1.807, 2.05) is 30.3 Å². The topological polar surface area (TPSA) is 72.8 Å². The molecule has 2 aromatic rings. The van der Waals surface area contributed by atoms with Crippen LogP contribution in [-0.2, 0) is 9.53 Å². The molecule has 5 nitrogen and oxygen atoms in total. The lowest BCUT2D eigenvalue weighted by Gasteiger charge is -2.12. The summed E-state index contributed by atoms with van der Waals surface area (Å²) in [5.74, 6) is -0.851. The van der Waals surface area contributed by atoms with Gasteiger partial charge in [-0.2, -0.15) is 0 Å². The van der Waals surface area contributed by atoms with Gasteiger partial charge in [-0.15, -0.1) is 0 Å². The Morgan fingerprint density at radius 2 is 1.85 bits per heavy atom. The minimum absolute atomic E-state index is 0.181. The molecule has 0 saturated heterocycles. The molecule has 20 heavy (non-hydrogen) atoms. The number of fused-ring (bicyclic) bond motifs is 1. The van der Waals surface area contributed by atoms with Crippen LogP contribution in [0.2, 0.25) is 0 Å². The molecular weight excluding hydrogens is 260 g/mol. The van der Waals surface area contributed by atoms with Gasteiger partial charge in [-0.3, -0.25) is 0 Å². The first-order valence-electron chi connectivity index (χ1n) is 6.21. The number of hydrogen-bond donors (Lipinski definition) is 1. The predicted octanol–water partition coefficient (Wildman–Crippen LogP) is 3.22. The maximum atomic E-state index is 11.6. The van der Waals surface area contributed by atoms with Crippen molar-refractivity contribution in [3.05, 3.63) is 42.5 Å². The Morgan fingerprint density at radius 3 is 2.55 bits per heavy atom. The van der Waals surface area contributed by atoms with Gasteiger partial charge in [0.25, 0.3) is 0 Å². The van der Waals surface area contributed by atoms with Crippen molar-refractivity contribution in [2.24, 2.45) is 0 Å². The van der Waals surface area contributed by atoms with Crippen molar-refractivity contribution < 1.29 is 24.2 Å². The fourth-order valence-electron chi connectivity index (χ4n) is 1.82. The molecule has 0 spiro atoms. The van der Waals surface area contributed by atoms with Crippen LogP contribution in [0.25, 0.3) is 10.8 Å². The second-order valence-corrected chi connectivity index (χ2v) is 4.18. The molecule has 0 aliphatic carbocycles. The van der Waals surface area contributed by atoms with Crippen molar-refractivity contribution in [2.75, 3.05) is 0 Å². The van der Waals surface area contributed by atoms with Crippen molar-refractivity contribution >= 4 is 22.9 Å². The molecule has 0 heterocycles. The maximum absolute atomic E-state index is 11.6. The van der Waals surface area contributed by atoms with E-state index in [-0.39, 0.29) is 6.42 Å². The van der Waals surface area contributed by atoms with Crippen LogP contribution < -0.4 is 4.74 Å². The van der Waals surface area contributed by atoms with Gasteiger partial charge in [-0.1, -0.05) is 43.3 Å². The normalized spacial score (nSPS) is 11.8. The summed E-state index contributed by atoms with van der Waals surface area (Å²) in [6.07, 6.45) is -2.03. The number of rotatable bonds is 4. The Hall–Kier alpha value is -2.56. The van der Waals surface area contributed by atoms with Gasteiger partial charge >= 0.3 is 12.1 Å². The largest absolute Gasteiger partial charge is 0.514 e. The lowest BCUT2D eigenvalue weighted by molar-refractivity contribution is -0.147. The Bertz CT molecular complexity index is 630. The second-order valence-electron chi connectivity index (χ2n) is 4.18. The predicted molar refractivity (Wildman–Crippen MR) is 72.8 cm³/mol. The summed E-state index contributed by atoms with van der Waals surface area (Å²) in [7, 11) is 0. The summed E-state index contributed by atoms with van der Waals surface area (Å²) in [4.78, 5) is 22.4. The zero-order valence-electron chi connectivity index (χ0n) is 10.9. The molecule has 1 N–H and O–H groups in total. The van der Waals surface area contributed by atoms with Crippen molar-refractivity contribution in [1.29, 1.82) is 0 Å². The van der Waals surface area contributed by atoms with Gasteiger partial charge in [0.1, 0.15) is 5.75 Å². The number of aliphatic carboxylic acids is 1. The van der Waals surface area contributed by atoms with Gasteiger partial charge in [0.15, 0.2) is 0 Å². The molecular formula is C15H14O5. The number of carbonyl (C=O) groups excluding carboxylic acids is 1. The van der Waals surface area contributed by atoms with Crippen molar-refractivity contribution in [3.8, 4) is 5.75 Å². The average molecular weight is 274 g/mol. The maximum Gasteiger partial charge on any atom is 0.514 e. The standard InChI is InChI=1S/C15H14O5/c1-2-12(14(16)17)19-15(18)20-13-9-5-7-10-6-3-4-8-11(10)13/h3-9,12H,2H2,1H3,(H,16,17). The molecule has 2 rings (SSSR count). The highest BCUT2D eigenvalue weighted by molar-refractivity contribution is 5.89. The highest BCUT2D eigenvalue weighted by Crippen LogP contribution is 2.25. The quantitative estimate of drug-likeness (QED) is 0.684. The Kier molecular flexibility index (Phi) is 4.20. The number of carbonyl (C=O) groups is 2. The highest BCUT2D eigenvalue weighted by Gasteiger charge is 2.21. The molecule has 0 bridgehead atoms. The summed E-state index contributed by atoms with van der Waals surface area (Å²) < 4.78 is 9.84. The summed E-state index contributed by atoms with van der Waals surface area (Å²) in [5, 5.41) is 10.5. The van der Waals surface area contributed by atoms with Crippen LogP contribution >= 0.6 is 0 Å². The third-order valence-electron chi connectivity index (χ3n) is 2.83. The zero-order chi connectivity index (χ0) is 14.5. The first kappa shape index (κ1) is 13.9. The van der Waals surface area contributed by atoms with Crippen LogP contribution in [0.3, 0.4) is 0 Å².